The number of carbonyl (C=O) groups is 1. The predicted octanol–water partition coefficient (Wildman–Crippen LogP) is 2.80. The van der Waals surface area contributed by atoms with Crippen LogP contribution in [0.5, 0.6) is 0 Å². The van der Waals surface area contributed by atoms with Gasteiger partial charge in [0.25, 0.3) is 5.91 Å². The van der Waals surface area contributed by atoms with E-state index in [2.05, 4.69) is 10.3 Å². The second kappa shape index (κ2) is 5.17. The number of rotatable bonds is 4. The molecule has 0 atom stereocenters. The fraction of sp³-hybridized carbons (Fsp3) is 0.429. The minimum atomic E-state index is -0.0696. The summed E-state index contributed by atoms with van der Waals surface area (Å²) in [6, 6.07) is 3.80. The third kappa shape index (κ3) is 2.42. The molecule has 4 nitrogen and oxygen atoms in total. The number of thiophene rings is 1. The van der Waals surface area contributed by atoms with Crippen molar-refractivity contribution in [2.24, 2.45) is 5.92 Å². The van der Waals surface area contributed by atoms with Crippen molar-refractivity contribution >= 4 is 33.1 Å². The molecule has 0 unspecified atom stereocenters. The van der Waals surface area contributed by atoms with Gasteiger partial charge in [-0.1, -0.05) is 19.3 Å². The molecule has 2 heterocycles. The average Bonchev–Trinajstić information content (AvgIpc) is 2.70. The van der Waals surface area contributed by atoms with Gasteiger partial charge in [0.2, 0.25) is 0 Å². The topological polar surface area (TPSA) is 68.0 Å². The number of fused-ring (bicyclic) bond motifs is 1. The fourth-order valence-electron chi connectivity index (χ4n) is 2.37. The number of nitrogens with one attached hydrogen (secondary N) is 1. The molecule has 2 aromatic heterocycles. The molecule has 0 saturated heterocycles. The van der Waals surface area contributed by atoms with Crippen LogP contribution in [-0.2, 0) is 0 Å². The molecule has 0 aromatic carbocycles. The average molecular weight is 275 g/mol. The highest BCUT2D eigenvalue weighted by Gasteiger charge is 2.19. The minimum absolute atomic E-state index is 0.0696. The Hall–Kier alpha value is -1.62. The van der Waals surface area contributed by atoms with E-state index in [0.717, 1.165) is 29.1 Å². The van der Waals surface area contributed by atoms with Crippen molar-refractivity contribution in [1.29, 1.82) is 0 Å². The van der Waals surface area contributed by atoms with Gasteiger partial charge in [-0.15, -0.1) is 11.3 Å². The number of nitrogen functional groups attached to an aromatic ring is 1. The normalized spacial score (nSPS) is 15.4. The zero-order valence-electron chi connectivity index (χ0n) is 10.7. The van der Waals surface area contributed by atoms with E-state index in [9.17, 15) is 4.79 Å². The summed E-state index contributed by atoms with van der Waals surface area (Å²) < 4.78 is 0.962. The maximum absolute atomic E-state index is 12.1. The lowest BCUT2D eigenvalue weighted by Crippen LogP contribution is -2.27. The molecule has 1 fully saturated rings. The quantitative estimate of drug-likeness (QED) is 0.901. The maximum Gasteiger partial charge on any atom is 0.263 e. The number of nitrogens with two attached hydrogens (primary N) is 1. The lowest BCUT2D eigenvalue weighted by atomic mass is 9.83. The Balaban J connectivity index is 1.68. The highest BCUT2D eigenvalue weighted by atomic mass is 32.1. The number of pyridine rings is 1. The van der Waals surface area contributed by atoms with Gasteiger partial charge < -0.3 is 11.1 Å². The monoisotopic (exact) mass is 275 g/mol. The molecule has 0 radical (unpaired) electrons. The Labute approximate surface area is 116 Å². The van der Waals surface area contributed by atoms with Crippen molar-refractivity contribution in [3.63, 3.8) is 0 Å². The number of hydrogen-bond donors (Lipinski definition) is 2. The summed E-state index contributed by atoms with van der Waals surface area (Å²) >= 11 is 1.41. The van der Waals surface area contributed by atoms with Crippen molar-refractivity contribution < 1.29 is 4.79 Å². The lowest BCUT2D eigenvalue weighted by molar-refractivity contribution is 0.0954. The number of aromatic nitrogens is 1. The van der Waals surface area contributed by atoms with E-state index >= 15 is 0 Å². The molecule has 1 amide bonds. The van der Waals surface area contributed by atoms with E-state index < -0.39 is 0 Å². The largest absolute Gasteiger partial charge is 0.396 e. The molecule has 100 valence electrons. The van der Waals surface area contributed by atoms with Crippen LogP contribution < -0.4 is 11.1 Å². The van der Waals surface area contributed by atoms with Crippen LogP contribution in [0.4, 0.5) is 5.69 Å². The summed E-state index contributed by atoms with van der Waals surface area (Å²) in [6.07, 6.45) is 6.74. The first-order valence-corrected chi connectivity index (χ1v) is 7.48. The predicted molar refractivity (Wildman–Crippen MR) is 78.3 cm³/mol. The summed E-state index contributed by atoms with van der Waals surface area (Å²) in [4.78, 5) is 16.9. The van der Waals surface area contributed by atoms with Gasteiger partial charge in [0.05, 0.1) is 10.4 Å². The Morgan fingerprint density at radius 2 is 2.37 bits per heavy atom. The molecule has 19 heavy (non-hydrogen) atoms. The molecule has 3 rings (SSSR count). The Morgan fingerprint density at radius 3 is 3.05 bits per heavy atom. The fourth-order valence-corrected chi connectivity index (χ4v) is 3.37. The zero-order valence-corrected chi connectivity index (χ0v) is 11.5. The molecule has 1 aliphatic carbocycles. The van der Waals surface area contributed by atoms with Gasteiger partial charge in [-0.05, 0) is 24.5 Å². The smallest absolute Gasteiger partial charge is 0.263 e. The van der Waals surface area contributed by atoms with Crippen molar-refractivity contribution in [2.45, 2.75) is 25.7 Å². The van der Waals surface area contributed by atoms with Gasteiger partial charge in [0.15, 0.2) is 0 Å². The van der Waals surface area contributed by atoms with Crippen LogP contribution in [0.1, 0.15) is 35.4 Å². The van der Waals surface area contributed by atoms with E-state index in [1.54, 1.807) is 6.20 Å². The van der Waals surface area contributed by atoms with Gasteiger partial charge in [-0.2, -0.15) is 0 Å². The second-order valence-corrected chi connectivity index (χ2v) is 6.09. The first-order valence-electron chi connectivity index (χ1n) is 6.67. The van der Waals surface area contributed by atoms with Crippen LogP contribution in [0.15, 0.2) is 18.3 Å². The summed E-state index contributed by atoms with van der Waals surface area (Å²) in [6.45, 7) is 0.741. The van der Waals surface area contributed by atoms with E-state index in [1.807, 2.05) is 12.1 Å². The van der Waals surface area contributed by atoms with Crippen LogP contribution in [0.2, 0.25) is 0 Å². The molecule has 0 bridgehead atoms. The minimum Gasteiger partial charge on any atom is -0.396 e. The molecule has 2 aromatic rings. The molecule has 3 N–H and O–H groups in total. The lowest BCUT2D eigenvalue weighted by Gasteiger charge is -2.25. The van der Waals surface area contributed by atoms with E-state index in [1.165, 1.54) is 30.6 Å². The number of amides is 1. The summed E-state index contributed by atoms with van der Waals surface area (Å²) in [5.41, 5.74) is 7.23. The molecular weight excluding hydrogens is 258 g/mol. The first kappa shape index (κ1) is 12.4. The van der Waals surface area contributed by atoms with Gasteiger partial charge in [0.1, 0.15) is 10.4 Å². The third-order valence-electron chi connectivity index (χ3n) is 3.75. The van der Waals surface area contributed by atoms with Crippen LogP contribution in [0.25, 0.3) is 10.2 Å². The number of nitrogens with zero attached hydrogens (tertiary/aromatic N) is 1. The zero-order chi connectivity index (χ0) is 13.2. The highest BCUT2D eigenvalue weighted by Crippen LogP contribution is 2.32. The van der Waals surface area contributed by atoms with E-state index in [0.29, 0.717) is 10.6 Å². The molecule has 1 saturated carbocycles. The van der Waals surface area contributed by atoms with Crippen LogP contribution in [0, 0.1) is 5.92 Å². The van der Waals surface area contributed by atoms with Gasteiger partial charge >= 0.3 is 0 Å². The Morgan fingerprint density at radius 1 is 1.53 bits per heavy atom. The number of carbonyl (C=O) groups excluding carboxylic acids is 1. The Kier molecular flexibility index (Phi) is 3.38. The Bertz CT molecular complexity index is 604. The second-order valence-electron chi connectivity index (χ2n) is 5.04. The van der Waals surface area contributed by atoms with Crippen molar-refractivity contribution in [3.05, 3.63) is 23.2 Å². The van der Waals surface area contributed by atoms with Crippen LogP contribution >= 0.6 is 11.3 Å². The van der Waals surface area contributed by atoms with Gasteiger partial charge in [-0.3, -0.25) is 9.78 Å². The number of anilines is 1. The molecule has 0 aliphatic heterocycles. The third-order valence-corrected chi connectivity index (χ3v) is 4.91. The van der Waals surface area contributed by atoms with Gasteiger partial charge in [-0.25, -0.2) is 0 Å². The number of hydrogen-bond acceptors (Lipinski definition) is 4. The molecular formula is C14H17N3OS. The van der Waals surface area contributed by atoms with E-state index in [4.69, 9.17) is 5.73 Å². The highest BCUT2D eigenvalue weighted by molar-refractivity contribution is 7.21. The van der Waals surface area contributed by atoms with Crippen LogP contribution in [-0.4, -0.2) is 17.4 Å². The van der Waals surface area contributed by atoms with Gasteiger partial charge in [0, 0.05) is 12.7 Å². The SMILES string of the molecule is Nc1c(C(=O)NCCC2CCC2)sc2cccnc12. The first-order chi connectivity index (χ1) is 9.25. The van der Waals surface area contributed by atoms with Crippen LogP contribution in [0.3, 0.4) is 0 Å². The van der Waals surface area contributed by atoms with Crippen molar-refractivity contribution in [2.75, 3.05) is 12.3 Å². The van der Waals surface area contributed by atoms with Crippen molar-refractivity contribution in [1.82, 2.24) is 10.3 Å². The molecule has 0 spiro atoms. The standard InChI is InChI=1S/C14H17N3OS/c15-11-12-10(5-2-7-16-12)19-13(11)14(18)17-8-6-9-3-1-4-9/h2,5,7,9H,1,3-4,6,8,15H2,(H,17,18). The summed E-state index contributed by atoms with van der Waals surface area (Å²) in [5.74, 6) is 0.738. The molecule has 5 heteroatoms. The maximum atomic E-state index is 12.1. The molecule has 1 aliphatic rings. The van der Waals surface area contributed by atoms with Crippen molar-refractivity contribution in [3.8, 4) is 0 Å². The summed E-state index contributed by atoms with van der Waals surface area (Å²) in [7, 11) is 0. The summed E-state index contributed by atoms with van der Waals surface area (Å²) in [5, 5.41) is 2.96. The van der Waals surface area contributed by atoms with E-state index in [-0.39, 0.29) is 5.91 Å².